The molecule has 0 amide bonds. The maximum absolute atomic E-state index is 12.9. The van der Waals surface area contributed by atoms with Gasteiger partial charge < -0.3 is 5.11 Å². The summed E-state index contributed by atoms with van der Waals surface area (Å²) in [5.74, 6) is -1.18. The minimum absolute atomic E-state index is 0.270. The number of carbonyl (C=O) groups is 1. The molecule has 0 spiro atoms. The van der Waals surface area contributed by atoms with Crippen LogP contribution in [0, 0.1) is 5.82 Å². The molecule has 0 saturated carbocycles. The summed E-state index contributed by atoms with van der Waals surface area (Å²) in [6.45, 7) is 3.75. The second-order valence-electron chi connectivity index (χ2n) is 5.21. The van der Waals surface area contributed by atoms with Crippen LogP contribution in [-0.4, -0.2) is 11.1 Å². The van der Waals surface area contributed by atoms with E-state index in [4.69, 9.17) is 5.11 Å². The van der Waals surface area contributed by atoms with E-state index in [1.165, 1.54) is 25.0 Å². The third-order valence-corrected chi connectivity index (χ3v) is 3.28. The molecule has 3 heteroatoms. The molecule has 0 heterocycles. The first-order valence-corrected chi connectivity index (χ1v) is 7.40. The van der Waals surface area contributed by atoms with Crippen LogP contribution in [0.25, 0.3) is 6.08 Å². The first kappa shape index (κ1) is 17.2. The van der Waals surface area contributed by atoms with Crippen molar-refractivity contribution < 1.29 is 14.3 Å². The van der Waals surface area contributed by atoms with Gasteiger partial charge in [-0.2, -0.15) is 0 Å². The quantitative estimate of drug-likeness (QED) is 0.405. The minimum atomic E-state index is -0.909. The van der Waals surface area contributed by atoms with E-state index in [2.05, 4.69) is 6.92 Å². The monoisotopic (exact) mass is 290 g/mol. The van der Waals surface area contributed by atoms with Gasteiger partial charge >= 0.3 is 5.97 Å². The predicted molar refractivity (Wildman–Crippen MR) is 84.5 cm³/mol. The van der Waals surface area contributed by atoms with Crippen molar-refractivity contribution in [2.75, 3.05) is 0 Å². The van der Waals surface area contributed by atoms with Gasteiger partial charge in [-0.3, -0.25) is 0 Å². The van der Waals surface area contributed by atoms with Crippen molar-refractivity contribution in [3.05, 3.63) is 52.9 Å². The fourth-order valence-electron chi connectivity index (χ4n) is 2.05. The van der Waals surface area contributed by atoms with Crippen molar-refractivity contribution in [3.8, 4) is 0 Å². The van der Waals surface area contributed by atoms with Gasteiger partial charge in [0.15, 0.2) is 0 Å². The molecule has 0 saturated heterocycles. The van der Waals surface area contributed by atoms with Gasteiger partial charge in [0, 0.05) is 5.57 Å². The summed E-state index contributed by atoms with van der Waals surface area (Å²) in [7, 11) is 0. The lowest BCUT2D eigenvalue weighted by molar-refractivity contribution is -0.132. The topological polar surface area (TPSA) is 37.3 Å². The van der Waals surface area contributed by atoms with Crippen molar-refractivity contribution >= 4 is 12.0 Å². The highest BCUT2D eigenvalue weighted by Gasteiger charge is 2.03. The van der Waals surface area contributed by atoms with Crippen molar-refractivity contribution in [1.29, 1.82) is 0 Å². The van der Waals surface area contributed by atoms with Gasteiger partial charge in [0.25, 0.3) is 0 Å². The number of unbranched alkanes of at least 4 members (excludes halogenated alkanes) is 3. The largest absolute Gasteiger partial charge is 0.478 e. The van der Waals surface area contributed by atoms with Crippen LogP contribution >= 0.6 is 0 Å². The number of halogens is 1. The van der Waals surface area contributed by atoms with Crippen molar-refractivity contribution in [3.63, 3.8) is 0 Å². The molecule has 0 aliphatic rings. The number of hydrogen-bond donors (Lipinski definition) is 1. The Morgan fingerprint density at radius 3 is 2.43 bits per heavy atom. The predicted octanol–water partition coefficient (Wildman–Crippen LogP) is 5.21. The first-order valence-electron chi connectivity index (χ1n) is 7.40. The Morgan fingerprint density at radius 2 is 1.86 bits per heavy atom. The van der Waals surface area contributed by atoms with Gasteiger partial charge in [0.1, 0.15) is 5.82 Å². The molecule has 1 aromatic carbocycles. The van der Waals surface area contributed by atoms with Gasteiger partial charge in [0.2, 0.25) is 0 Å². The van der Waals surface area contributed by atoms with E-state index in [1.807, 2.05) is 6.08 Å². The number of carboxylic acids is 1. The summed E-state index contributed by atoms with van der Waals surface area (Å²) in [6, 6.07) is 6.22. The maximum atomic E-state index is 12.9. The fraction of sp³-hybridized carbons (Fsp3) is 0.389. The molecular formula is C18H23FO2. The van der Waals surface area contributed by atoms with Gasteiger partial charge in [-0.1, -0.05) is 44.4 Å². The van der Waals surface area contributed by atoms with E-state index in [0.29, 0.717) is 5.57 Å². The molecule has 1 rings (SSSR count). The molecule has 0 unspecified atom stereocenters. The number of hydrogen-bond acceptors (Lipinski definition) is 1. The number of rotatable bonds is 8. The van der Waals surface area contributed by atoms with Crippen LogP contribution in [0.2, 0.25) is 0 Å². The summed E-state index contributed by atoms with van der Waals surface area (Å²) in [5.41, 5.74) is 2.17. The SMILES string of the molecule is CCCCCCC(=Cc1ccc(F)cc1)/C=C(\C)C(=O)O. The van der Waals surface area contributed by atoms with E-state index >= 15 is 0 Å². The normalized spacial score (nSPS) is 12.5. The van der Waals surface area contributed by atoms with E-state index < -0.39 is 5.97 Å². The van der Waals surface area contributed by atoms with E-state index in [-0.39, 0.29) is 5.82 Å². The van der Waals surface area contributed by atoms with Crippen LogP contribution < -0.4 is 0 Å². The fourth-order valence-corrected chi connectivity index (χ4v) is 2.05. The lowest BCUT2D eigenvalue weighted by atomic mass is 10.0. The molecule has 114 valence electrons. The standard InChI is InChI=1S/C18H23FO2/c1-3-4-5-6-7-16(12-14(2)18(20)21)13-15-8-10-17(19)11-9-15/h8-13H,3-7H2,1-2H3,(H,20,21)/b14-12+,16-13?. The number of benzene rings is 1. The van der Waals surface area contributed by atoms with Crippen molar-refractivity contribution in [1.82, 2.24) is 0 Å². The Bertz CT molecular complexity index is 513. The van der Waals surface area contributed by atoms with Crippen LogP contribution in [0.4, 0.5) is 4.39 Å². The van der Waals surface area contributed by atoms with Gasteiger partial charge in [-0.25, -0.2) is 9.18 Å². The molecule has 2 nitrogen and oxygen atoms in total. The molecule has 0 aliphatic heterocycles. The smallest absolute Gasteiger partial charge is 0.331 e. The number of allylic oxidation sites excluding steroid dienone is 2. The van der Waals surface area contributed by atoms with Crippen LogP contribution in [0.5, 0.6) is 0 Å². The Balaban J connectivity index is 2.86. The summed E-state index contributed by atoms with van der Waals surface area (Å²) < 4.78 is 12.9. The molecule has 0 bridgehead atoms. The summed E-state index contributed by atoms with van der Waals surface area (Å²) in [6.07, 6.45) is 8.99. The van der Waals surface area contributed by atoms with Crippen molar-refractivity contribution in [2.45, 2.75) is 46.0 Å². The van der Waals surface area contributed by atoms with E-state index in [0.717, 1.165) is 30.4 Å². The minimum Gasteiger partial charge on any atom is -0.478 e. The molecule has 0 radical (unpaired) electrons. The third-order valence-electron chi connectivity index (χ3n) is 3.28. The molecule has 1 N–H and O–H groups in total. The molecule has 0 fully saturated rings. The highest BCUT2D eigenvalue weighted by molar-refractivity contribution is 5.86. The summed E-state index contributed by atoms with van der Waals surface area (Å²) in [5, 5.41) is 9.00. The van der Waals surface area contributed by atoms with Crippen molar-refractivity contribution in [2.24, 2.45) is 0 Å². The average molecular weight is 290 g/mol. The van der Waals surface area contributed by atoms with Crippen LogP contribution in [0.15, 0.2) is 41.5 Å². The zero-order chi connectivity index (χ0) is 15.7. The first-order chi connectivity index (χ1) is 10.0. The Labute approximate surface area is 126 Å². The Hall–Kier alpha value is -1.90. The molecular weight excluding hydrogens is 267 g/mol. The summed E-state index contributed by atoms with van der Waals surface area (Å²) in [4.78, 5) is 11.0. The zero-order valence-electron chi connectivity index (χ0n) is 12.7. The summed E-state index contributed by atoms with van der Waals surface area (Å²) >= 11 is 0. The molecule has 0 aromatic heterocycles. The van der Waals surface area contributed by atoms with Gasteiger partial charge in [-0.15, -0.1) is 0 Å². The highest BCUT2D eigenvalue weighted by atomic mass is 19.1. The van der Waals surface area contributed by atoms with Gasteiger partial charge in [-0.05, 0) is 49.1 Å². The average Bonchev–Trinajstić information content (AvgIpc) is 2.45. The second kappa shape index (κ2) is 9.11. The number of aliphatic carboxylic acids is 1. The molecule has 0 atom stereocenters. The maximum Gasteiger partial charge on any atom is 0.331 e. The van der Waals surface area contributed by atoms with E-state index in [1.54, 1.807) is 25.1 Å². The lowest BCUT2D eigenvalue weighted by Crippen LogP contribution is -1.97. The molecule has 21 heavy (non-hydrogen) atoms. The van der Waals surface area contributed by atoms with E-state index in [9.17, 15) is 9.18 Å². The van der Waals surface area contributed by atoms with Gasteiger partial charge in [0.05, 0.1) is 0 Å². The Kier molecular flexibility index (Phi) is 7.44. The second-order valence-corrected chi connectivity index (χ2v) is 5.21. The Morgan fingerprint density at radius 1 is 1.19 bits per heavy atom. The zero-order valence-corrected chi connectivity index (χ0v) is 12.7. The third kappa shape index (κ3) is 6.89. The van der Waals surface area contributed by atoms with Crippen LogP contribution in [0.1, 0.15) is 51.5 Å². The lowest BCUT2D eigenvalue weighted by Gasteiger charge is -2.05. The molecule has 0 aliphatic carbocycles. The highest BCUT2D eigenvalue weighted by Crippen LogP contribution is 2.17. The van der Waals surface area contributed by atoms with Crippen LogP contribution in [0.3, 0.4) is 0 Å². The van der Waals surface area contributed by atoms with Crippen LogP contribution in [-0.2, 0) is 4.79 Å². The molecule has 1 aromatic rings. The number of carboxylic acid groups (broad SMARTS) is 1.